The minimum Gasteiger partial charge on any atom is -0.478 e. The molecular formula is C9H17O6P. The van der Waals surface area contributed by atoms with Crippen molar-refractivity contribution in [3.05, 3.63) is 12.2 Å². The molecule has 0 aromatic carbocycles. The number of rotatable bonds is 8. The van der Waals surface area contributed by atoms with Crippen molar-refractivity contribution in [1.82, 2.24) is 0 Å². The van der Waals surface area contributed by atoms with E-state index in [4.69, 9.17) is 9.84 Å². The molecule has 0 aromatic rings. The Kier molecular flexibility index (Phi) is 6.52. The molecule has 6 nitrogen and oxygen atoms in total. The molecule has 0 heterocycles. The molecule has 0 rings (SSSR count). The fourth-order valence-electron chi connectivity index (χ4n) is 0.821. The molecule has 0 saturated carbocycles. The third kappa shape index (κ3) is 5.42. The zero-order valence-corrected chi connectivity index (χ0v) is 10.3. The maximum absolute atomic E-state index is 11.4. The lowest BCUT2D eigenvalue weighted by Crippen LogP contribution is -2.16. The normalized spacial score (nSPS) is 16.4. The molecule has 2 unspecified atom stereocenters. The molecule has 0 fully saturated rings. The highest BCUT2D eigenvalue weighted by Gasteiger charge is 2.28. The molecule has 2 N–H and O–H groups in total. The topological polar surface area (TPSA) is 93.1 Å². The highest BCUT2D eigenvalue weighted by atomic mass is 31.2. The second-order valence-electron chi connectivity index (χ2n) is 3.25. The van der Waals surface area contributed by atoms with Crippen LogP contribution >= 0.6 is 7.60 Å². The van der Waals surface area contributed by atoms with E-state index in [0.29, 0.717) is 0 Å². The standard InChI is InChI=1S/C9H17O6P/c1-4-15-16(12,13)8(3)6-14-5-7(2)9(10)11/h8H,2,4-6H2,1,3H3,(H,10,11)(H,12,13). The highest BCUT2D eigenvalue weighted by molar-refractivity contribution is 7.53. The minimum atomic E-state index is -3.67. The van der Waals surface area contributed by atoms with Gasteiger partial charge >= 0.3 is 13.6 Å². The van der Waals surface area contributed by atoms with Gasteiger partial charge in [-0.15, -0.1) is 0 Å². The number of aliphatic carboxylic acids is 1. The largest absolute Gasteiger partial charge is 0.478 e. The lowest BCUT2D eigenvalue weighted by atomic mass is 10.3. The van der Waals surface area contributed by atoms with Crippen molar-refractivity contribution in [1.29, 1.82) is 0 Å². The van der Waals surface area contributed by atoms with Crippen LogP contribution in [0, 0.1) is 0 Å². The predicted molar refractivity (Wildman–Crippen MR) is 58.5 cm³/mol. The zero-order valence-electron chi connectivity index (χ0n) is 9.38. The molecule has 0 aliphatic carbocycles. The van der Waals surface area contributed by atoms with Crippen molar-refractivity contribution >= 4 is 13.6 Å². The summed E-state index contributed by atoms with van der Waals surface area (Å²) in [6, 6.07) is 0. The first-order valence-corrected chi connectivity index (χ1v) is 6.41. The van der Waals surface area contributed by atoms with E-state index in [2.05, 4.69) is 11.1 Å². The molecule has 16 heavy (non-hydrogen) atoms. The van der Waals surface area contributed by atoms with Crippen LogP contribution in [0.15, 0.2) is 12.2 Å². The summed E-state index contributed by atoms with van der Waals surface area (Å²) < 4.78 is 21.1. The van der Waals surface area contributed by atoms with Crippen LogP contribution in [0.5, 0.6) is 0 Å². The van der Waals surface area contributed by atoms with Crippen LogP contribution in [0.4, 0.5) is 0 Å². The summed E-state index contributed by atoms with van der Waals surface area (Å²) in [4.78, 5) is 19.7. The van der Waals surface area contributed by atoms with Crippen LogP contribution in [-0.2, 0) is 18.6 Å². The van der Waals surface area contributed by atoms with Gasteiger partial charge in [-0.3, -0.25) is 4.57 Å². The van der Waals surface area contributed by atoms with Crippen molar-refractivity contribution in [2.24, 2.45) is 0 Å². The molecule has 0 bridgehead atoms. The van der Waals surface area contributed by atoms with Crippen molar-refractivity contribution in [2.75, 3.05) is 19.8 Å². The fourth-order valence-corrected chi connectivity index (χ4v) is 1.74. The number of ether oxygens (including phenoxy) is 1. The number of carboxylic acids is 1. The van der Waals surface area contributed by atoms with Gasteiger partial charge in [-0.25, -0.2) is 4.79 Å². The average Bonchev–Trinajstić information content (AvgIpc) is 2.16. The summed E-state index contributed by atoms with van der Waals surface area (Å²) in [6.45, 7) is 6.28. The van der Waals surface area contributed by atoms with Gasteiger partial charge in [0, 0.05) is 0 Å². The lowest BCUT2D eigenvalue weighted by molar-refractivity contribution is -0.133. The molecule has 2 atom stereocenters. The van der Waals surface area contributed by atoms with Gasteiger partial charge < -0.3 is 19.3 Å². The van der Waals surface area contributed by atoms with Gasteiger partial charge in [0.05, 0.1) is 31.1 Å². The van der Waals surface area contributed by atoms with Gasteiger partial charge in [-0.05, 0) is 13.8 Å². The Hall–Kier alpha value is -0.680. The number of carbonyl (C=O) groups is 1. The third-order valence-corrected chi connectivity index (χ3v) is 3.70. The van der Waals surface area contributed by atoms with Crippen LogP contribution in [0.1, 0.15) is 13.8 Å². The summed E-state index contributed by atoms with van der Waals surface area (Å²) >= 11 is 0. The van der Waals surface area contributed by atoms with Crippen LogP contribution in [-0.4, -0.2) is 41.4 Å². The minimum absolute atomic E-state index is 0.0555. The van der Waals surface area contributed by atoms with E-state index < -0.39 is 19.2 Å². The number of hydrogen-bond donors (Lipinski definition) is 2. The number of carboxylic acid groups (broad SMARTS) is 1. The van der Waals surface area contributed by atoms with Gasteiger partial charge in [0.25, 0.3) is 0 Å². The summed E-state index contributed by atoms with van der Waals surface area (Å²) in [6.07, 6.45) is 0. The van der Waals surface area contributed by atoms with E-state index in [1.54, 1.807) is 6.92 Å². The van der Waals surface area contributed by atoms with Gasteiger partial charge in [0.1, 0.15) is 0 Å². The molecule has 0 amide bonds. The molecule has 0 radical (unpaired) electrons. The Labute approximate surface area is 94.4 Å². The SMILES string of the molecule is C=C(COCC(C)P(=O)(O)OCC)C(=O)O. The first-order chi connectivity index (χ1) is 7.31. The predicted octanol–water partition coefficient (Wildman–Crippen LogP) is 1.25. The quantitative estimate of drug-likeness (QED) is 0.499. The van der Waals surface area contributed by atoms with Gasteiger partial charge in [-0.2, -0.15) is 0 Å². The second-order valence-corrected chi connectivity index (χ2v) is 5.52. The molecule has 0 saturated heterocycles. The Balaban J connectivity index is 3.99. The average molecular weight is 252 g/mol. The summed E-state index contributed by atoms with van der Waals surface area (Å²) in [7, 11) is -3.67. The van der Waals surface area contributed by atoms with Crippen molar-refractivity contribution in [3.63, 3.8) is 0 Å². The molecule has 0 aliphatic heterocycles. The second kappa shape index (κ2) is 6.81. The molecule has 94 valence electrons. The van der Waals surface area contributed by atoms with Gasteiger partial charge in [0.2, 0.25) is 0 Å². The zero-order chi connectivity index (χ0) is 12.8. The summed E-state index contributed by atoms with van der Waals surface area (Å²) in [5, 5.41) is 8.48. The fraction of sp³-hybridized carbons (Fsp3) is 0.667. The number of hydrogen-bond acceptors (Lipinski definition) is 4. The Morgan fingerprint density at radius 1 is 1.56 bits per heavy atom. The smallest absolute Gasteiger partial charge is 0.333 e. The van der Waals surface area contributed by atoms with Gasteiger partial charge in [-0.1, -0.05) is 6.58 Å². The van der Waals surface area contributed by atoms with Crippen molar-refractivity contribution in [3.8, 4) is 0 Å². The van der Waals surface area contributed by atoms with E-state index in [0.717, 1.165) is 0 Å². The van der Waals surface area contributed by atoms with E-state index in [1.807, 2.05) is 0 Å². The lowest BCUT2D eigenvalue weighted by Gasteiger charge is -2.18. The van der Waals surface area contributed by atoms with Crippen LogP contribution in [0.2, 0.25) is 0 Å². The maximum atomic E-state index is 11.4. The highest BCUT2D eigenvalue weighted by Crippen LogP contribution is 2.47. The van der Waals surface area contributed by atoms with Crippen LogP contribution < -0.4 is 0 Å². The Morgan fingerprint density at radius 2 is 2.12 bits per heavy atom. The van der Waals surface area contributed by atoms with E-state index in [9.17, 15) is 14.3 Å². The molecule has 0 aliphatic rings. The van der Waals surface area contributed by atoms with Crippen molar-refractivity contribution in [2.45, 2.75) is 19.5 Å². The third-order valence-electron chi connectivity index (χ3n) is 1.81. The monoisotopic (exact) mass is 252 g/mol. The Bertz CT molecular complexity index is 300. The van der Waals surface area contributed by atoms with Crippen LogP contribution in [0.3, 0.4) is 0 Å². The molecular weight excluding hydrogens is 235 g/mol. The molecule has 0 aromatic heterocycles. The first-order valence-electron chi connectivity index (χ1n) is 4.77. The summed E-state index contributed by atoms with van der Waals surface area (Å²) in [5.41, 5.74) is -0.801. The first kappa shape index (κ1) is 15.3. The summed E-state index contributed by atoms with van der Waals surface area (Å²) in [5.74, 6) is -1.15. The molecule has 7 heteroatoms. The van der Waals surface area contributed by atoms with Gasteiger partial charge in [0.15, 0.2) is 0 Å². The maximum Gasteiger partial charge on any atom is 0.333 e. The van der Waals surface area contributed by atoms with E-state index >= 15 is 0 Å². The van der Waals surface area contributed by atoms with E-state index in [1.165, 1.54) is 6.92 Å². The van der Waals surface area contributed by atoms with E-state index in [-0.39, 0.29) is 25.4 Å². The van der Waals surface area contributed by atoms with Crippen LogP contribution in [0.25, 0.3) is 0 Å². The molecule has 0 spiro atoms. The van der Waals surface area contributed by atoms with Crippen molar-refractivity contribution < 1.29 is 28.6 Å². The Morgan fingerprint density at radius 3 is 2.56 bits per heavy atom.